The normalized spacial score (nSPS) is 14.6. The quantitative estimate of drug-likeness (QED) is 0.702. The van der Waals surface area contributed by atoms with Crippen LogP contribution in [-0.2, 0) is 10.0 Å². The van der Waals surface area contributed by atoms with E-state index < -0.39 is 10.0 Å². The van der Waals surface area contributed by atoms with Crippen molar-refractivity contribution in [2.45, 2.75) is 4.90 Å². The number of sulfonamides is 1. The molecule has 1 aliphatic rings. The van der Waals surface area contributed by atoms with Crippen LogP contribution >= 0.6 is 0 Å². The van der Waals surface area contributed by atoms with Crippen LogP contribution < -0.4 is 10.0 Å². The maximum Gasteiger partial charge on any atom is 0.253 e. The Morgan fingerprint density at radius 1 is 0.733 bits per heavy atom. The molecule has 1 amide bonds. The summed E-state index contributed by atoms with van der Waals surface area (Å²) >= 11 is 0. The van der Waals surface area contributed by atoms with Gasteiger partial charge in [-0.1, -0.05) is 42.5 Å². The topological polar surface area (TPSA) is 83.7 Å². The maximum absolute atomic E-state index is 12.9. The maximum atomic E-state index is 12.9. The Balaban J connectivity index is 1.41. The van der Waals surface area contributed by atoms with Gasteiger partial charge in [0.2, 0.25) is 10.0 Å². The highest BCUT2D eigenvalue weighted by Gasteiger charge is 2.22. The van der Waals surface area contributed by atoms with Crippen molar-refractivity contribution in [2.75, 3.05) is 31.1 Å². The molecule has 0 unspecified atom stereocenters. The Morgan fingerprint density at radius 3 is 1.80 bits per heavy atom. The van der Waals surface area contributed by atoms with Gasteiger partial charge >= 0.3 is 0 Å². The molecule has 30 heavy (non-hydrogen) atoms. The minimum atomic E-state index is -3.71. The van der Waals surface area contributed by atoms with Crippen molar-refractivity contribution in [3.63, 3.8) is 0 Å². The lowest BCUT2D eigenvalue weighted by Gasteiger charge is -2.36. The molecule has 0 aromatic heterocycles. The summed E-state index contributed by atoms with van der Waals surface area (Å²) in [6, 6.07) is 24.0. The fourth-order valence-corrected chi connectivity index (χ4v) is 4.15. The van der Waals surface area contributed by atoms with Crippen molar-refractivity contribution in [1.82, 2.24) is 4.90 Å². The first-order chi connectivity index (χ1) is 14.4. The predicted octanol–water partition coefficient (Wildman–Crippen LogP) is 2.96. The standard InChI is InChI=1S/C23H23N3O3S/c24-30(28,29)22-12-10-19(11-13-22)18-6-8-20(9-7-18)23(27)26-16-14-25(15-17-26)21-4-2-1-3-5-21/h1-13H,14-17H2,(H2,24,28,29). The zero-order chi connectivity index (χ0) is 21.1. The third kappa shape index (κ3) is 4.37. The van der Waals surface area contributed by atoms with E-state index in [1.54, 1.807) is 12.1 Å². The summed E-state index contributed by atoms with van der Waals surface area (Å²) in [4.78, 5) is 17.1. The highest BCUT2D eigenvalue weighted by molar-refractivity contribution is 7.89. The number of carbonyl (C=O) groups excluding carboxylic acids is 1. The summed E-state index contributed by atoms with van der Waals surface area (Å²) in [6.45, 7) is 2.99. The smallest absolute Gasteiger partial charge is 0.253 e. The van der Waals surface area contributed by atoms with Crippen LogP contribution in [0.25, 0.3) is 11.1 Å². The predicted molar refractivity (Wildman–Crippen MR) is 118 cm³/mol. The summed E-state index contributed by atoms with van der Waals surface area (Å²) in [5.74, 6) is 0.0267. The number of hydrogen-bond donors (Lipinski definition) is 1. The third-order valence-electron chi connectivity index (χ3n) is 5.34. The van der Waals surface area contributed by atoms with Crippen LogP contribution in [0.15, 0.2) is 83.8 Å². The van der Waals surface area contributed by atoms with Gasteiger partial charge in [0.1, 0.15) is 0 Å². The molecule has 2 N–H and O–H groups in total. The molecule has 6 nitrogen and oxygen atoms in total. The lowest BCUT2D eigenvalue weighted by atomic mass is 10.0. The molecule has 7 heteroatoms. The van der Waals surface area contributed by atoms with Gasteiger partial charge in [-0.25, -0.2) is 13.6 Å². The van der Waals surface area contributed by atoms with Gasteiger partial charge in [0.05, 0.1) is 4.90 Å². The number of primary sulfonamides is 1. The molecule has 0 radical (unpaired) electrons. The Morgan fingerprint density at radius 2 is 1.27 bits per heavy atom. The SMILES string of the molecule is NS(=O)(=O)c1ccc(-c2ccc(C(=O)N3CCN(c4ccccc4)CC3)cc2)cc1. The number of amides is 1. The number of carbonyl (C=O) groups is 1. The van der Waals surface area contributed by atoms with Crippen molar-refractivity contribution >= 4 is 21.6 Å². The second-order valence-electron chi connectivity index (χ2n) is 7.26. The molecule has 0 bridgehead atoms. The molecule has 1 aliphatic heterocycles. The van der Waals surface area contributed by atoms with E-state index in [-0.39, 0.29) is 10.8 Å². The molecular formula is C23H23N3O3S. The molecule has 1 heterocycles. The molecular weight excluding hydrogens is 398 g/mol. The van der Waals surface area contributed by atoms with E-state index in [1.165, 1.54) is 17.8 Å². The van der Waals surface area contributed by atoms with Crippen molar-refractivity contribution in [3.05, 3.63) is 84.4 Å². The number of para-hydroxylation sites is 1. The fraction of sp³-hybridized carbons (Fsp3) is 0.174. The largest absolute Gasteiger partial charge is 0.368 e. The highest BCUT2D eigenvalue weighted by atomic mass is 32.2. The number of piperazine rings is 1. The zero-order valence-corrected chi connectivity index (χ0v) is 17.3. The molecule has 1 fully saturated rings. The highest BCUT2D eigenvalue weighted by Crippen LogP contribution is 2.22. The molecule has 1 saturated heterocycles. The van der Waals surface area contributed by atoms with Gasteiger partial charge in [-0.15, -0.1) is 0 Å². The first-order valence-corrected chi connectivity index (χ1v) is 11.3. The molecule has 0 spiro atoms. The number of hydrogen-bond acceptors (Lipinski definition) is 4. The molecule has 154 valence electrons. The monoisotopic (exact) mass is 421 g/mol. The van der Waals surface area contributed by atoms with Gasteiger partial charge in [-0.2, -0.15) is 0 Å². The van der Waals surface area contributed by atoms with Gasteiger partial charge in [-0.05, 0) is 47.5 Å². The number of nitrogens with zero attached hydrogens (tertiary/aromatic N) is 2. The van der Waals surface area contributed by atoms with Crippen LogP contribution in [0.5, 0.6) is 0 Å². The van der Waals surface area contributed by atoms with E-state index in [0.29, 0.717) is 18.7 Å². The first-order valence-electron chi connectivity index (χ1n) is 9.74. The van der Waals surface area contributed by atoms with Crippen LogP contribution in [0.3, 0.4) is 0 Å². The Hall–Kier alpha value is -3.16. The lowest BCUT2D eigenvalue weighted by molar-refractivity contribution is 0.0747. The Kier molecular flexibility index (Phi) is 5.57. The first kappa shape index (κ1) is 20.1. The van der Waals surface area contributed by atoms with E-state index in [9.17, 15) is 13.2 Å². The Bertz CT molecular complexity index is 1120. The zero-order valence-electron chi connectivity index (χ0n) is 16.4. The van der Waals surface area contributed by atoms with Crippen molar-refractivity contribution in [2.24, 2.45) is 5.14 Å². The number of benzene rings is 3. The van der Waals surface area contributed by atoms with Gasteiger partial charge in [0.25, 0.3) is 5.91 Å². The minimum Gasteiger partial charge on any atom is -0.368 e. The van der Waals surface area contributed by atoms with E-state index >= 15 is 0 Å². The van der Waals surface area contributed by atoms with Crippen LogP contribution in [0.1, 0.15) is 10.4 Å². The summed E-state index contributed by atoms with van der Waals surface area (Å²) in [5.41, 5.74) is 3.59. The molecule has 0 atom stereocenters. The summed E-state index contributed by atoms with van der Waals surface area (Å²) in [7, 11) is -3.71. The molecule has 4 rings (SSSR count). The van der Waals surface area contributed by atoms with Crippen LogP contribution in [0.2, 0.25) is 0 Å². The molecule has 3 aromatic rings. The second-order valence-corrected chi connectivity index (χ2v) is 8.82. The summed E-state index contributed by atoms with van der Waals surface area (Å²) in [6.07, 6.45) is 0. The van der Waals surface area contributed by atoms with Gasteiger partial charge < -0.3 is 9.80 Å². The van der Waals surface area contributed by atoms with Crippen molar-refractivity contribution in [3.8, 4) is 11.1 Å². The van der Waals surface area contributed by atoms with Crippen molar-refractivity contribution in [1.29, 1.82) is 0 Å². The fourth-order valence-electron chi connectivity index (χ4n) is 3.63. The van der Waals surface area contributed by atoms with Crippen LogP contribution in [-0.4, -0.2) is 45.4 Å². The molecule has 3 aromatic carbocycles. The number of anilines is 1. The van der Waals surface area contributed by atoms with E-state index in [0.717, 1.165) is 24.2 Å². The van der Waals surface area contributed by atoms with E-state index in [2.05, 4.69) is 17.0 Å². The molecule has 0 saturated carbocycles. The van der Waals surface area contributed by atoms with Crippen LogP contribution in [0.4, 0.5) is 5.69 Å². The number of rotatable bonds is 4. The van der Waals surface area contributed by atoms with Crippen molar-refractivity contribution < 1.29 is 13.2 Å². The Labute approximate surface area is 176 Å². The summed E-state index contributed by atoms with van der Waals surface area (Å²) < 4.78 is 22.8. The molecule has 0 aliphatic carbocycles. The second kappa shape index (κ2) is 8.30. The number of nitrogens with two attached hydrogens (primary N) is 1. The minimum absolute atomic E-state index is 0.0267. The van der Waals surface area contributed by atoms with Crippen LogP contribution in [0, 0.1) is 0 Å². The van der Waals surface area contributed by atoms with E-state index in [1.807, 2.05) is 47.4 Å². The average Bonchev–Trinajstić information content (AvgIpc) is 2.79. The lowest BCUT2D eigenvalue weighted by Crippen LogP contribution is -2.48. The third-order valence-corrected chi connectivity index (χ3v) is 6.27. The van der Waals surface area contributed by atoms with Gasteiger partial charge in [0.15, 0.2) is 0 Å². The average molecular weight is 422 g/mol. The van der Waals surface area contributed by atoms with E-state index in [4.69, 9.17) is 5.14 Å². The van der Waals surface area contributed by atoms with Gasteiger partial charge in [0, 0.05) is 37.4 Å². The summed E-state index contributed by atoms with van der Waals surface area (Å²) in [5, 5.41) is 5.14. The van der Waals surface area contributed by atoms with Gasteiger partial charge in [-0.3, -0.25) is 4.79 Å².